The van der Waals surface area contributed by atoms with Gasteiger partial charge in [-0.15, -0.1) is 0 Å². The van der Waals surface area contributed by atoms with Crippen LogP contribution in [-0.2, 0) is 14.3 Å². The van der Waals surface area contributed by atoms with E-state index in [1.165, 1.54) is 7.11 Å². The Hall–Kier alpha value is -0.700. The van der Waals surface area contributed by atoms with E-state index in [1.807, 2.05) is 0 Å². The van der Waals surface area contributed by atoms with Crippen molar-refractivity contribution in [3.63, 3.8) is 0 Å². The molecule has 0 aromatic heterocycles. The van der Waals surface area contributed by atoms with Gasteiger partial charge in [0.1, 0.15) is 11.9 Å². The average molecular weight is 142 g/mol. The van der Waals surface area contributed by atoms with Crippen LogP contribution in [0.3, 0.4) is 0 Å². The van der Waals surface area contributed by atoms with Gasteiger partial charge in [-0.1, -0.05) is 0 Å². The number of methoxy groups -OCH3 is 1. The van der Waals surface area contributed by atoms with Crippen molar-refractivity contribution < 1.29 is 14.3 Å². The Bertz CT molecular complexity index is 174. The van der Waals surface area contributed by atoms with E-state index in [-0.39, 0.29) is 18.0 Å². The summed E-state index contributed by atoms with van der Waals surface area (Å²) in [6.45, 7) is 1.63. The molecule has 0 aromatic carbocycles. The molecule has 0 N–H and O–H groups in total. The monoisotopic (exact) mass is 142 g/mol. The Morgan fingerprint density at radius 3 is 2.30 bits per heavy atom. The lowest BCUT2D eigenvalue weighted by molar-refractivity contribution is -0.129. The molecule has 1 aliphatic carbocycles. The first-order valence-electron chi connectivity index (χ1n) is 3.26. The zero-order chi connectivity index (χ0) is 7.72. The van der Waals surface area contributed by atoms with Crippen molar-refractivity contribution in [1.82, 2.24) is 0 Å². The lowest BCUT2D eigenvalue weighted by atomic mass is 10.1. The summed E-state index contributed by atoms with van der Waals surface area (Å²) in [6, 6.07) is 0. The van der Waals surface area contributed by atoms with Gasteiger partial charge >= 0.3 is 0 Å². The number of rotatable bonds is 1. The topological polar surface area (TPSA) is 43.4 Å². The highest BCUT2D eigenvalue weighted by atomic mass is 16.5. The molecule has 10 heavy (non-hydrogen) atoms. The first-order chi connectivity index (χ1) is 4.66. The number of carbonyl (C=O) groups is 2. The highest BCUT2D eigenvalue weighted by Crippen LogP contribution is 2.19. The molecular weight excluding hydrogens is 132 g/mol. The third-order valence-corrected chi connectivity index (χ3v) is 1.90. The summed E-state index contributed by atoms with van der Waals surface area (Å²) in [5.41, 5.74) is 0. The maximum absolute atomic E-state index is 11.0. The molecule has 3 nitrogen and oxygen atoms in total. The van der Waals surface area contributed by atoms with Crippen molar-refractivity contribution in [2.24, 2.45) is 5.92 Å². The fourth-order valence-electron chi connectivity index (χ4n) is 1.10. The van der Waals surface area contributed by atoms with E-state index in [4.69, 9.17) is 4.74 Å². The van der Waals surface area contributed by atoms with E-state index in [2.05, 4.69) is 0 Å². The molecule has 0 aromatic rings. The molecule has 0 bridgehead atoms. The molecule has 1 aliphatic rings. The number of hydrogen-bond donors (Lipinski definition) is 0. The SMILES string of the molecule is COC1CC(=O)C(C)C1=O. The van der Waals surface area contributed by atoms with Crippen LogP contribution in [0.5, 0.6) is 0 Å². The van der Waals surface area contributed by atoms with E-state index in [0.717, 1.165) is 0 Å². The van der Waals surface area contributed by atoms with Crippen molar-refractivity contribution in [3.05, 3.63) is 0 Å². The molecule has 2 unspecified atom stereocenters. The summed E-state index contributed by atoms with van der Waals surface area (Å²) in [5.74, 6) is -0.519. The molecule has 0 saturated heterocycles. The molecule has 2 atom stereocenters. The zero-order valence-electron chi connectivity index (χ0n) is 6.09. The fraction of sp³-hybridized carbons (Fsp3) is 0.714. The maximum Gasteiger partial charge on any atom is 0.172 e. The number of Topliss-reactive ketones (excluding diaryl/α,β-unsaturated/α-hetero) is 2. The molecule has 56 valence electrons. The van der Waals surface area contributed by atoms with E-state index >= 15 is 0 Å². The summed E-state index contributed by atoms with van der Waals surface area (Å²) >= 11 is 0. The molecule has 1 fully saturated rings. The van der Waals surface area contributed by atoms with Crippen molar-refractivity contribution in [3.8, 4) is 0 Å². The first kappa shape index (κ1) is 7.41. The van der Waals surface area contributed by atoms with E-state index in [1.54, 1.807) is 6.92 Å². The maximum atomic E-state index is 11.0. The van der Waals surface area contributed by atoms with Gasteiger partial charge in [-0.2, -0.15) is 0 Å². The average Bonchev–Trinajstić information content (AvgIpc) is 2.17. The zero-order valence-corrected chi connectivity index (χ0v) is 6.09. The summed E-state index contributed by atoms with van der Waals surface area (Å²) in [6.07, 6.45) is -0.209. The van der Waals surface area contributed by atoms with Crippen LogP contribution in [0.15, 0.2) is 0 Å². The van der Waals surface area contributed by atoms with Gasteiger partial charge in [-0.3, -0.25) is 9.59 Å². The van der Waals surface area contributed by atoms with Crippen LogP contribution in [0.1, 0.15) is 13.3 Å². The fourth-order valence-corrected chi connectivity index (χ4v) is 1.10. The molecule has 0 spiro atoms. The number of carbonyl (C=O) groups excluding carboxylic acids is 2. The van der Waals surface area contributed by atoms with Gasteiger partial charge in [0.2, 0.25) is 0 Å². The minimum absolute atomic E-state index is 0.00292. The van der Waals surface area contributed by atoms with Crippen molar-refractivity contribution in [2.45, 2.75) is 19.4 Å². The van der Waals surface area contributed by atoms with Gasteiger partial charge in [0.15, 0.2) is 5.78 Å². The second-order valence-corrected chi connectivity index (χ2v) is 2.52. The second kappa shape index (κ2) is 2.50. The highest BCUT2D eigenvalue weighted by molar-refractivity contribution is 6.10. The number of ketones is 2. The van der Waals surface area contributed by atoms with Gasteiger partial charge in [-0.05, 0) is 6.92 Å². The van der Waals surface area contributed by atoms with E-state index in [9.17, 15) is 9.59 Å². The lowest BCUT2D eigenvalue weighted by Crippen LogP contribution is -2.19. The van der Waals surface area contributed by atoms with Gasteiger partial charge in [-0.25, -0.2) is 0 Å². The predicted molar refractivity (Wildman–Crippen MR) is 34.6 cm³/mol. The number of ether oxygens (including phenoxy) is 1. The first-order valence-corrected chi connectivity index (χ1v) is 3.26. The molecule has 3 heteroatoms. The van der Waals surface area contributed by atoms with Crippen LogP contribution in [-0.4, -0.2) is 24.8 Å². The normalized spacial score (nSPS) is 33.4. The van der Waals surface area contributed by atoms with Crippen LogP contribution in [0.4, 0.5) is 0 Å². The Morgan fingerprint density at radius 2 is 2.10 bits per heavy atom. The standard InChI is InChI=1S/C7H10O3/c1-4-5(8)3-6(10-2)7(4)9/h4,6H,3H2,1-2H3. The van der Waals surface area contributed by atoms with Crippen LogP contribution < -0.4 is 0 Å². The second-order valence-electron chi connectivity index (χ2n) is 2.52. The van der Waals surface area contributed by atoms with Gasteiger partial charge in [0, 0.05) is 13.5 Å². The Balaban J connectivity index is 2.71. The van der Waals surface area contributed by atoms with Crippen molar-refractivity contribution in [1.29, 1.82) is 0 Å². The minimum atomic E-state index is -0.470. The van der Waals surface area contributed by atoms with Crippen molar-refractivity contribution in [2.75, 3.05) is 7.11 Å². The molecule has 0 aliphatic heterocycles. The minimum Gasteiger partial charge on any atom is -0.373 e. The molecule has 0 radical (unpaired) electrons. The molecule has 0 amide bonds. The summed E-state index contributed by atoms with van der Waals surface area (Å²) in [5, 5.41) is 0. The van der Waals surface area contributed by atoms with Crippen LogP contribution in [0.2, 0.25) is 0 Å². The Kier molecular flexibility index (Phi) is 1.85. The van der Waals surface area contributed by atoms with Crippen LogP contribution in [0, 0.1) is 5.92 Å². The quantitative estimate of drug-likeness (QED) is 0.490. The third kappa shape index (κ3) is 0.968. The van der Waals surface area contributed by atoms with E-state index < -0.39 is 12.0 Å². The highest BCUT2D eigenvalue weighted by Gasteiger charge is 2.37. The summed E-state index contributed by atoms with van der Waals surface area (Å²) in [4.78, 5) is 21.9. The van der Waals surface area contributed by atoms with Gasteiger partial charge in [0.05, 0.1) is 5.92 Å². The smallest absolute Gasteiger partial charge is 0.172 e. The molecule has 0 heterocycles. The van der Waals surface area contributed by atoms with Crippen LogP contribution in [0.25, 0.3) is 0 Å². The molecule has 1 rings (SSSR count). The largest absolute Gasteiger partial charge is 0.373 e. The predicted octanol–water partition coefficient (Wildman–Crippen LogP) is 0.179. The Morgan fingerprint density at radius 1 is 1.50 bits per heavy atom. The molecule has 1 saturated carbocycles. The van der Waals surface area contributed by atoms with Gasteiger partial charge < -0.3 is 4.74 Å². The Labute approximate surface area is 59.4 Å². The van der Waals surface area contributed by atoms with Crippen molar-refractivity contribution >= 4 is 11.6 Å². The lowest BCUT2D eigenvalue weighted by Gasteiger charge is -2.02. The van der Waals surface area contributed by atoms with Gasteiger partial charge in [0.25, 0.3) is 0 Å². The molecular formula is C7H10O3. The number of hydrogen-bond acceptors (Lipinski definition) is 3. The summed E-state index contributed by atoms with van der Waals surface area (Å²) < 4.78 is 4.79. The van der Waals surface area contributed by atoms with E-state index in [0.29, 0.717) is 0 Å². The van der Waals surface area contributed by atoms with Crippen LogP contribution >= 0.6 is 0 Å². The summed E-state index contributed by atoms with van der Waals surface area (Å²) in [7, 11) is 1.45. The third-order valence-electron chi connectivity index (χ3n) is 1.90.